The lowest BCUT2D eigenvalue weighted by Crippen LogP contribution is -2.22. The van der Waals surface area contributed by atoms with Crippen LogP contribution in [0.15, 0.2) is 164 Å². The zero-order chi connectivity index (χ0) is 56.2. The van der Waals surface area contributed by atoms with E-state index >= 15 is 0 Å². The Kier molecular flexibility index (Phi) is 30.1. The lowest BCUT2D eigenvalue weighted by atomic mass is 10.0. The minimum atomic E-state index is -0.617. The van der Waals surface area contributed by atoms with Gasteiger partial charge in [-0.25, -0.2) is 14.5 Å². The third-order valence-corrected chi connectivity index (χ3v) is 9.27. The number of benzene rings is 6. The van der Waals surface area contributed by atoms with Gasteiger partial charge < -0.3 is 19.3 Å². The second-order valence-electron chi connectivity index (χ2n) is 19.1. The number of hydrogen-bond donors (Lipinski definition) is 2. The van der Waals surface area contributed by atoms with Gasteiger partial charge in [-0.1, -0.05) is 134 Å². The van der Waals surface area contributed by atoms with E-state index in [0.29, 0.717) is 69.7 Å². The van der Waals surface area contributed by atoms with Crippen molar-refractivity contribution in [2.45, 2.75) is 98.8 Å². The highest BCUT2D eigenvalue weighted by molar-refractivity contribution is 6.67. The van der Waals surface area contributed by atoms with E-state index in [9.17, 15) is 28.8 Å². The first-order chi connectivity index (χ1) is 35.3. The molecule has 6 rings (SSSR count). The van der Waals surface area contributed by atoms with E-state index in [-0.39, 0.29) is 29.8 Å². The summed E-state index contributed by atoms with van der Waals surface area (Å²) in [5.41, 5.74) is 3.02. The fourth-order valence-corrected chi connectivity index (χ4v) is 5.56. The van der Waals surface area contributed by atoms with E-state index in [2.05, 4.69) is 4.89 Å². The predicted molar refractivity (Wildman–Crippen MR) is 295 cm³/mol. The Balaban J connectivity index is 0.000000520. The standard InChI is InChI=1S/C20H22O5.C18H18O4.C14H9ClO2.C4H10O2.C4H10O.ClH/c1-3-18(24-14-13-23-2)25-20(22)17-11-9-16(10-12-17)19(21)15-7-5-4-6-8-15;1-18(2,3)22-21-17(20)15-11-9-14(10-12-15)16(19)13-7-5-4-6-8-13;15-14(17)12-8-6-11(7-9-12)13(16)10-4-2-1-3-5-10;1-4(2,3)6-5;1-4(2,3)5;/h4-12,18H,3,13-14H2,1-2H3;4-12H,1-3H3;1-9H;5H,1-3H3;5H,1-3H3;1H. The first-order valence-electron chi connectivity index (χ1n) is 23.8. The number of carbonyl (C=O) groups excluding carboxylic acids is 6. The number of aliphatic hydroxyl groups is 1. The molecule has 0 saturated carbocycles. The van der Waals surface area contributed by atoms with Gasteiger partial charge in [0.1, 0.15) is 5.60 Å². The second-order valence-corrected chi connectivity index (χ2v) is 19.5. The SMILES string of the molecule is CC(C)(C)O.CC(C)(C)OO.CC(C)(C)OOC(=O)c1ccc(C(=O)c2ccccc2)cc1.CCC(OCCOC)OC(=O)c1ccc(C(=O)c2ccccc2)cc1.Cl.O=C(Cl)c1ccc(C(=O)c2ccccc2)cc1. The molecule has 0 aromatic heterocycles. The zero-order valence-corrected chi connectivity index (χ0v) is 46.4. The Hall–Kier alpha value is -6.72. The smallest absolute Gasteiger partial charge is 0.373 e. The van der Waals surface area contributed by atoms with Crippen molar-refractivity contribution in [2.75, 3.05) is 20.3 Å². The maximum Gasteiger partial charge on any atom is 0.373 e. The van der Waals surface area contributed by atoms with Gasteiger partial charge in [-0.05, 0) is 110 Å². The summed E-state index contributed by atoms with van der Waals surface area (Å²) < 4.78 is 15.6. The second kappa shape index (κ2) is 34.0. The highest BCUT2D eigenvalue weighted by Crippen LogP contribution is 2.17. The Morgan fingerprint density at radius 3 is 1.04 bits per heavy atom. The third-order valence-electron chi connectivity index (χ3n) is 9.05. The van der Waals surface area contributed by atoms with Crippen molar-refractivity contribution in [1.29, 1.82) is 0 Å². The van der Waals surface area contributed by atoms with Gasteiger partial charge in [-0.15, -0.1) is 12.4 Å². The highest BCUT2D eigenvalue weighted by Gasteiger charge is 2.19. The van der Waals surface area contributed by atoms with Crippen LogP contribution >= 0.6 is 24.0 Å². The molecule has 0 fully saturated rings. The molecule has 6 aromatic rings. The maximum atomic E-state index is 12.4. The van der Waals surface area contributed by atoms with Gasteiger partial charge in [-0.2, -0.15) is 4.89 Å². The van der Waals surface area contributed by atoms with Crippen molar-refractivity contribution in [2.24, 2.45) is 0 Å². The monoisotopic (exact) mass is 1080 g/mol. The van der Waals surface area contributed by atoms with E-state index in [0.717, 1.165) is 0 Å². The number of carbonyl (C=O) groups is 6. The minimum absolute atomic E-state index is 0. The van der Waals surface area contributed by atoms with Crippen LogP contribution in [-0.2, 0) is 28.9 Å². The summed E-state index contributed by atoms with van der Waals surface area (Å²) in [7, 11) is 1.58. The van der Waals surface area contributed by atoms with Crippen LogP contribution in [0.25, 0.3) is 0 Å². The fraction of sp³-hybridized carbons (Fsp3) is 0.300. The summed E-state index contributed by atoms with van der Waals surface area (Å²) >= 11 is 5.33. The van der Waals surface area contributed by atoms with E-state index in [1.165, 1.54) is 0 Å². The molecule has 0 spiro atoms. The summed E-state index contributed by atoms with van der Waals surface area (Å²) in [4.78, 5) is 85.1. The molecule has 16 heteroatoms. The molecule has 6 aromatic carbocycles. The van der Waals surface area contributed by atoms with E-state index in [1.807, 2.05) is 61.5 Å². The van der Waals surface area contributed by atoms with Gasteiger partial charge in [-0.3, -0.25) is 29.3 Å². The summed E-state index contributed by atoms with van der Waals surface area (Å²) in [6, 6.07) is 46.0. The molecule has 0 saturated heterocycles. The average Bonchev–Trinajstić information content (AvgIpc) is 3.39. The molecule has 2 N–H and O–H groups in total. The van der Waals surface area contributed by atoms with Crippen molar-refractivity contribution in [3.05, 3.63) is 214 Å². The first-order valence-corrected chi connectivity index (χ1v) is 24.2. The van der Waals surface area contributed by atoms with E-state index < -0.39 is 40.3 Å². The van der Waals surface area contributed by atoms with Gasteiger partial charge in [0.15, 0.2) is 17.3 Å². The number of ether oxygens (including phenoxy) is 3. The maximum absolute atomic E-state index is 12.4. The molecule has 1 unspecified atom stereocenters. The molecule has 0 amide bonds. The van der Waals surface area contributed by atoms with Gasteiger partial charge in [0.25, 0.3) is 5.24 Å². The molecule has 0 aliphatic carbocycles. The molecule has 0 bridgehead atoms. The predicted octanol–water partition coefficient (Wildman–Crippen LogP) is 13.0. The summed E-state index contributed by atoms with van der Waals surface area (Å²) in [6.45, 7) is 18.5. The summed E-state index contributed by atoms with van der Waals surface area (Å²) in [6.07, 6.45) is -0.0756. The average molecular weight is 1090 g/mol. The van der Waals surface area contributed by atoms with Crippen molar-refractivity contribution >= 4 is 58.5 Å². The van der Waals surface area contributed by atoms with Gasteiger partial charge in [0.05, 0.1) is 35.5 Å². The van der Waals surface area contributed by atoms with Crippen LogP contribution < -0.4 is 0 Å². The number of halogens is 2. The highest BCUT2D eigenvalue weighted by atomic mass is 35.5. The number of rotatable bonds is 16. The fourth-order valence-electron chi connectivity index (χ4n) is 5.43. The molecule has 0 aliphatic rings. The molecule has 408 valence electrons. The normalized spacial score (nSPS) is 11.0. The minimum Gasteiger partial charge on any atom is -0.432 e. The van der Waals surface area contributed by atoms with Crippen LogP contribution in [0.4, 0.5) is 0 Å². The Bertz CT molecular complexity index is 2650. The Labute approximate surface area is 457 Å². The lowest BCUT2D eigenvalue weighted by molar-refractivity contribution is -0.306. The topological polar surface area (TPSA) is 198 Å². The molecular weight excluding hydrogens is 1020 g/mol. The molecule has 0 aliphatic heterocycles. The summed E-state index contributed by atoms with van der Waals surface area (Å²) in [5.74, 6) is -1.32. The van der Waals surface area contributed by atoms with E-state index in [4.69, 9.17) is 46.0 Å². The molecule has 76 heavy (non-hydrogen) atoms. The van der Waals surface area contributed by atoms with Crippen molar-refractivity contribution < 1.29 is 68.0 Å². The van der Waals surface area contributed by atoms with Crippen LogP contribution in [0, 0.1) is 0 Å². The summed E-state index contributed by atoms with van der Waals surface area (Å²) in [5, 5.41) is 15.9. The van der Waals surface area contributed by atoms with Crippen LogP contribution in [0.3, 0.4) is 0 Å². The Morgan fingerprint density at radius 1 is 0.474 bits per heavy atom. The molecule has 14 nitrogen and oxygen atoms in total. The van der Waals surface area contributed by atoms with Crippen molar-refractivity contribution in [3.63, 3.8) is 0 Å². The molecule has 0 radical (unpaired) electrons. The zero-order valence-electron chi connectivity index (χ0n) is 44.9. The van der Waals surface area contributed by atoms with Gasteiger partial charge in [0.2, 0.25) is 6.29 Å². The Morgan fingerprint density at radius 2 is 0.763 bits per heavy atom. The van der Waals surface area contributed by atoms with E-state index in [1.54, 1.807) is 179 Å². The number of ketones is 3. The quantitative estimate of drug-likeness (QED) is 0.0176. The molecule has 1 atom stereocenters. The first kappa shape index (κ1) is 67.3. The van der Waals surface area contributed by atoms with Crippen molar-refractivity contribution in [1.82, 2.24) is 0 Å². The lowest BCUT2D eigenvalue weighted by Gasteiger charge is -2.16. The third kappa shape index (κ3) is 27.7. The largest absolute Gasteiger partial charge is 0.432 e. The van der Waals surface area contributed by atoms with Gasteiger partial charge >= 0.3 is 11.9 Å². The number of methoxy groups -OCH3 is 1. The van der Waals surface area contributed by atoms with Crippen LogP contribution in [0.2, 0.25) is 0 Å². The molecule has 0 heterocycles. The van der Waals surface area contributed by atoms with Gasteiger partial charge in [0, 0.05) is 52.5 Å². The van der Waals surface area contributed by atoms with Crippen LogP contribution in [-0.4, -0.2) is 88.3 Å². The number of esters is 1. The molecular formula is C60H70Cl2O14. The van der Waals surface area contributed by atoms with Crippen LogP contribution in [0.1, 0.15) is 154 Å². The van der Waals surface area contributed by atoms with Crippen molar-refractivity contribution in [3.8, 4) is 0 Å². The number of hydrogen-bond acceptors (Lipinski definition) is 14. The van der Waals surface area contributed by atoms with Crippen LogP contribution in [0.5, 0.6) is 0 Å².